The van der Waals surface area contributed by atoms with Crippen molar-refractivity contribution in [3.63, 3.8) is 0 Å². The second-order valence-electron chi connectivity index (χ2n) is 6.11. The van der Waals surface area contributed by atoms with E-state index in [1.807, 2.05) is 0 Å². The van der Waals surface area contributed by atoms with Gasteiger partial charge in [0.05, 0.1) is 0 Å². The number of H-pyrrole nitrogens is 1. The van der Waals surface area contributed by atoms with Gasteiger partial charge in [-0.15, -0.1) is 5.73 Å². The van der Waals surface area contributed by atoms with Gasteiger partial charge in [0.15, 0.2) is 0 Å². The number of allylic oxidation sites excluding steroid dienone is 1. The highest BCUT2D eigenvalue weighted by atomic mass is 14.7. The molecule has 0 bridgehead atoms. The summed E-state index contributed by atoms with van der Waals surface area (Å²) in [5, 5.41) is 1.36. The minimum absolute atomic E-state index is 0.115. The van der Waals surface area contributed by atoms with Crippen LogP contribution in [0.15, 0.2) is 48.3 Å². The van der Waals surface area contributed by atoms with E-state index in [-0.39, 0.29) is 5.41 Å². The van der Waals surface area contributed by atoms with Gasteiger partial charge in [-0.1, -0.05) is 38.5 Å². The number of para-hydroxylation sites is 1. The van der Waals surface area contributed by atoms with E-state index in [1.54, 1.807) is 0 Å². The van der Waals surface area contributed by atoms with Gasteiger partial charge in [0.25, 0.3) is 0 Å². The molecule has 1 saturated carbocycles. The Labute approximate surface area is 121 Å². The zero-order chi connectivity index (χ0) is 14.0. The Bertz CT molecular complexity index is 653. The number of benzene rings is 1. The normalized spacial score (nSPS) is 17.5. The zero-order valence-electron chi connectivity index (χ0n) is 12.4. The molecule has 1 aromatic carbocycles. The Kier molecular flexibility index (Phi) is 3.54. The van der Waals surface area contributed by atoms with Gasteiger partial charge in [-0.25, -0.2) is 0 Å². The number of nitrogens with one attached hydrogen (secondary N) is 1. The summed E-state index contributed by atoms with van der Waals surface area (Å²) in [5.41, 5.74) is 6.21. The van der Waals surface area contributed by atoms with Crippen molar-refractivity contribution >= 4 is 10.9 Å². The Hall–Kier alpha value is -1.72. The van der Waals surface area contributed by atoms with E-state index in [0.29, 0.717) is 0 Å². The largest absolute Gasteiger partial charge is 0.361 e. The number of unbranched alkanes of at least 4 members (excludes halogenated alkanes) is 1. The molecule has 1 heteroatoms. The smallest absolute Gasteiger partial charge is 0.0457 e. The third kappa shape index (κ3) is 2.34. The van der Waals surface area contributed by atoms with Crippen LogP contribution in [-0.2, 0) is 5.41 Å². The number of hydrogen-bond acceptors (Lipinski definition) is 0. The van der Waals surface area contributed by atoms with Crippen LogP contribution >= 0.6 is 0 Å². The molecule has 0 saturated heterocycles. The molecule has 1 aliphatic rings. The molecule has 1 atom stereocenters. The summed E-state index contributed by atoms with van der Waals surface area (Å²) in [4.78, 5) is 3.42. The van der Waals surface area contributed by atoms with Gasteiger partial charge in [-0.2, -0.15) is 0 Å². The molecule has 1 N–H and O–H groups in total. The molecule has 3 rings (SSSR count). The van der Waals surface area contributed by atoms with Crippen molar-refractivity contribution in [1.82, 2.24) is 4.98 Å². The van der Waals surface area contributed by atoms with Crippen molar-refractivity contribution in [1.29, 1.82) is 0 Å². The first kappa shape index (κ1) is 13.3. The average Bonchev–Trinajstić information content (AvgIpc) is 3.23. The van der Waals surface area contributed by atoms with E-state index in [9.17, 15) is 0 Å². The zero-order valence-corrected chi connectivity index (χ0v) is 12.4. The summed E-state index contributed by atoms with van der Waals surface area (Å²) in [6, 6.07) is 8.60. The van der Waals surface area contributed by atoms with Crippen LogP contribution in [0.25, 0.3) is 10.9 Å². The maximum atomic E-state index is 3.44. The molecular weight excluding hydrogens is 242 g/mol. The monoisotopic (exact) mass is 265 g/mol. The number of aromatic nitrogens is 1. The van der Waals surface area contributed by atoms with E-state index in [4.69, 9.17) is 0 Å². The van der Waals surface area contributed by atoms with E-state index in [0.717, 1.165) is 12.3 Å². The van der Waals surface area contributed by atoms with Gasteiger partial charge in [-0.05, 0) is 49.0 Å². The van der Waals surface area contributed by atoms with Crippen LogP contribution in [0.5, 0.6) is 0 Å². The lowest BCUT2D eigenvalue weighted by molar-refractivity contribution is 0.519. The third-order valence-corrected chi connectivity index (χ3v) is 4.53. The molecule has 0 amide bonds. The quantitative estimate of drug-likeness (QED) is 0.702. The van der Waals surface area contributed by atoms with Crippen LogP contribution in [0.1, 0.15) is 45.1 Å². The number of rotatable bonds is 5. The Balaban J connectivity index is 2.04. The minimum atomic E-state index is 0.115. The highest BCUT2D eigenvalue weighted by Gasteiger charge is 2.42. The van der Waals surface area contributed by atoms with Crippen molar-refractivity contribution in [2.24, 2.45) is 5.92 Å². The molecule has 1 unspecified atom stereocenters. The summed E-state index contributed by atoms with van der Waals surface area (Å²) in [6.07, 6.45) is 11.6. The maximum absolute atomic E-state index is 3.44. The lowest BCUT2D eigenvalue weighted by Gasteiger charge is -2.25. The number of aromatic amines is 1. The van der Waals surface area contributed by atoms with Crippen molar-refractivity contribution in [2.75, 3.05) is 0 Å². The maximum Gasteiger partial charge on any atom is 0.0457 e. The molecule has 1 aromatic heterocycles. The molecule has 1 fully saturated rings. The SMILES string of the molecule is CCCC=C=CC(C)(c1c[nH]c2ccccc12)C1CC1. The van der Waals surface area contributed by atoms with Gasteiger partial charge in [0.2, 0.25) is 0 Å². The first-order valence-electron chi connectivity index (χ1n) is 7.74. The summed E-state index contributed by atoms with van der Waals surface area (Å²) in [6.45, 7) is 4.57. The second-order valence-corrected chi connectivity index (χ2v) is 6.11. The van der Waals surface area contributed by atoms with Crippen molar-refractivity contribution in [3.05, 3.63) is 53.9 Å². The highest BCUT2D eigenvalue weighted by Crippen LogP contribution is 2.49. The third-order valence-electron chi connectivity index (χ3n) is 4.53. The van der Waals surface area contributed by atoms with Crippen molar-refractivity contribution in [2.45, 2.75) is 44.9 Å². The standard InChI is InChI=1S/C19H23N/c1-3-4-5-8-13-19(2,15-11-12-15)17-14-20-18-10-7-6-9-16(17)18/h5-7,9-10,13-15,20H,3-4,11-12H2,1-2H3. The summed E-state index contributed by atoms with van der Waals surface area (Å²) in [5.74, 6) is 0.768. The number of hydrogen-bond donors (Lipinski definition) is 1. The van der Waals surface area contributed by atoms with Gasteiger partial charge >= 0.3 is 0 Å². The predicted octanol–water partition coefficient (Wildman–Crippen LogP) is 5.35. The molecule has 1 heterocycles. The van der Waals surface area contributed by atoms with E-state index in [1.165, 1.54) is 35.7 Å². The van der Waals surface area contributed by atoms with Gasteiger partial charge < -0.3 is 4.98 Å². The molecule has 0 spiro atoms. The number of fused-ring (bicyclic) bond motifs is 1. The fourth-order valence-electron chi connectivity index (χ4n) is 3.08. The molecule has 104 valence electrons. The van der Waals surface area contributed by atoms with Crippen molar-refractivity contribution < 1.29 is 0 Å². The van der Waals surface area contributed by atoms with E-state index in [2.05, 4.69) is 67.2 Å². The Morgan fingerprint density at radius 3 is 2.90 bits per heavy atom. The average molecular weight is 265 g/mol. The van der Waals surface area contributed by atoms with E-state index < -0.39 is 0 Å². The van der Waals surface area contributed by atoms with Crippen LogP contribution in [-0.4, -0.2) is 4.98 Å². The lowest BCUT2D eigenvalue weighted by Crippen LogP contribution is -2.21. The molecule has 20 heavy (non-hydrogen) atoms. The summed E-state index contributed by atoms with van der Waals surface area (Å²) >= 11 is 0. The van der Waals surface area contributed by atoms with Gasteiger partial charge in [-0.3, -0.25) is 0 Å². The molecule has 0 radical (unpaired) electrons. The van der Waals surface area contributed by atoms with E-state index >= 15 is 0 Å². The first-order chi connectivity index (χ1) is 9.75. The summed E-state index contributed by atoms with van der Waals surface area (Å²) in [7, 11) is 0. The highest BCUT2D eigenvalue weighted by molar-refractivity contribution is 5.84. The van der Waals surface area contributed by atoms with Gasteiger partial charge in [0.1, 0.15) is 0 Å². The second kappa shape index (κ2) is 5.34. The fraction of sp³-hybridized carbons (Fsp3) is 0.421. The van der Waals surface area contributed by atoms with Crippen LogP contribution in [0.3, 0.4) is 0 Å². The molecule has 1 nitrogen and oxygen atoms in total. The summed E-state index contributed by atoms with van der Waals surface area (Å²) < 4.78 is 0. The predicted molar refractivity (Wildman–Crippen MR) is 85.9 cm³/mol. The molecule has 2 aromatic rings. The van der Waals surface area contributed by atoms with Crippen LogP contribution < -0.4 is 0 Å². The fourth-order valence-corrected chi connectivity index (χ4v) is 3.08. The van der Waals surface area contributed by atoms with Crippen LogP contribution in [0.4, 0.5) is 0 Å². The Morgan fingerprint density at radius 2 is 2.15 bits per heavy atom. The lowest BCUT2D eigenvalue weighted by atomic mass is 9.77. The first-order valence-corrected chi connectivity index (χ1v) is 7.74. The minimum Gasteiger partial charge on any atom is -0.361 e. The van der Waals surface area contributed by atoms with Crippen molar-refractivity contribution in [3.8, 4) is 0 Å². The molecular formula is C19H23N. The molecule has 0 aliphatic heterocycles. The van der Waals surface area contributed by atoms with Crippen LogP contribution in [0.2, 0.25) is 0 Å². The van der Waals surface area contributed by atoms with Gasteiger partial charge in [0, 0.05) is 22.5 Å². The Morgan fingerprint density at radius 1 is 1.35 bits per heavy atom. The topological polar surface area (TPSA) is 15.8 Å². The van der Waals surface area contributed by atoms with Crippen LogP contribution in [0, 0.1) is 5.92 Å². The molecule has 1 aliphatic carbocycles.